The molecule has 1 aliphatic rings. The summed E-state index contributed by atoms with van der Waals surface area (Å²) < 4.78 is 77.7. The lowest BCUT2D eigenvalue weighted by Crippen LogP contribution is -2.35. The van der Waals surface area contributed by atoms with Crippen molar-refractivity contribution in [3.05, 3.63) is 59.9 Å². The molecule has 2 aromatic rings. The first-order chi connectivity index (χ1) is 14.1. The molecule has 3 rings (SSSR count). The number of hydrogen-bond acceptors (Lipinski definition) is 4. The van der Waals surface area contributed by atoms with E-state index in [1.807, 2.05) is 0 Å². The number of nitrogens with zero attached hydrogens (tertiary/aromatic N) is 1. The van der Waals surface area contributed by atoms with E-state index in [4.69, 9.17) is 4.84 Å². The molecular weight excluding hydrogens is 430 g/mol. The Bertz CT molecular complexity index is 1010. The molecule has 0 saturated carbocycles. The Balaban J connectivity index is 1.57. The highest BCUT2D eigenvalue weighted by Gasteiger charge is 2.36. The minimum absolute atomic E-state index is 0.0184. The topological polar surface area (TPSA) is 87.7 Å². The molecule has 0 aromatic heterocycles. The third kappa shape index (κ3) is 5.26. The smallest absolute Gasteiger partial charge is 0.306 e. The Hall–Kier alpha value is -2.70. The van der Waals surface area contributed by atoms with E-state index in [0.717, 1.165) is 34.6 Å². The van der Waals surface area contributed by atoms with Crippen molar-refractivity contribution in [2.24, 2.45) is 0 Å². The van der Waals surface area contributed by atoms with Crippen LogP contribution in [0.2, 0.25) is 0 Å². The van der Waals surface area contributed by atoms with Gasteiger partial charge in [0.05, 0.1) is 10.5 Å². The van der Waals surface area contributed by atoms with Crippen LogP contribution >= 0.6 is 0 Å². The molecule has 7 nitrogen and oxygen atoms in total. The number of benzene rings is 2. The molecule has 0 unspecified atom stereocenters. The third-order valence-electron chi connectivity index (χ3n) is 4.33. The van der Waals surface area contributed by atoms with Crippen LogP contribution in [-0.2, 0) is 21.0 Å². The molecule has 12 heteroatoms. The van der Waals surface area contributed by atoms with Crippen molar-refractivity contribution in [3.8, 4) is 0 Å². The van der Waals surface area contributed by atoms with Gasteiger partial charge in [0.25, 0.3) is 0 Å². The second-order valence-corrected chi connectivity index (χ2v) is 8.42. The van der Waals surface area contributed by atoms with Crippen LogP contribution in [0.4, 0.5) is 28.0 Å². The summed E-state index contributed by atoms with van der Waals surface area (Å²) in [5, 5.41) is 2.40. The van der Waals surface area contributed by atoms with Gasteiger partial charge in [-0.25, -0.2) is 23.1 Å². The average molecular weight is 447 g/mol. The van der Waals surface area contributed by atoms with Gasteiger partial charge in [-0.2, -0.15) is 17.5 Å². The molecule has 162 valence electrons. The zero-order chi connectivity index (χ0) is 21.9. The number of urea groups is 1. The molecule has 2 aromatic carbocycles. The van der Waals surface area contributed by atoms with Gasteiger partial charge in [-0.1, -0.05) is 6.07 Å². The van der Waals surface area contributed by atoms with Gasteiger partial charge in [-0.05, 0) is 48.9 Å². The van der Waals surface area contributed by atoms with Crippen LogP contribution in [0.3, 0.4) is 0 Å². The van der Waals surface area contributed by atoms with Crippen LogP contribution in [0.5, 0.6) is 0 Å². The fourth-order valence-electron chi connectivity index (χ4n) is 2.82. The number of anilines is 1. The van der Waals surface area contributed by atoms with Crippen LogP contribution < -0.4 is 10.8 Å². The van der Waals surface area contributed by atoms with E-state index in [2.05, 4.69) is 10.8 Å². The highest BCUT2D eigenvalue weighted by molar-refractivity contribution is 7.89. The van der Waals surface area contributed by atoms with Crippen molar-refractivity contribution < 1.29 is 35.6 Å². The quantitative estimate of drug-likeness (QED) is 0.544. The highest BCUT2D eigenvalue weighted by atomic mass is 32.2. The average Bonchev–Trinajstić information content (AvgIpc) is 3.18. The normalized spacial score (nSPS) is 17.7. The number of alkyl halides is 3. The minimum atomic E-state index is -4.66. The van der Waals surface area contributed by atoms with Gasteiger partial charge in [0.15, 0.2) is 0 Å². The number of hydroxylamine groups is 1. The first kappa shape index (κ1) is 22.0. The standard InChI is InChI=1S/C18H17F4N3O4S/c19-13-4-6-14(7-5-13)23-17(26)24-29-15-8-9-25(11-15)30(27,28)16-3-1-2-12(10-16)18(20,21)22/h1-7,10,15H,8-9,11H2,(H2,23,24,26)/t15-/m1/s1. The van der Waals surface area contributed by atoms with Crippen molar-refractivity contribution in [1.82, 2.24) is 9.79 Å². The summed E-state index contributed by atoms with van der Waals surface area (Å²) in [5.74, 6) is -0.467. The second-order valence-electron chi connectivity index (χ2n) is 6.48. The number of halogens is 4. The lowest BCUT2D eigenvalue weighted by atomic mass is 10.2. The van der Waals surface area contributed by atoms with Crippen molar-refractivity contribution in [2.45, 2.75) is 23.6 Å². The maximum Gasteiger partial charge on any atom is 0.416 e. The lowest BCUT2D eigenvalue weighted by molar-refractivity contribution is -0.137. The number of amides is 2. The summed E-state index contributed by atoms with van der Waals surface area (Å²) >= 11 is 0. The molecule has 2 amide bonds. The van der Waals surface area contributed by atoms with Crippen LogP contribution in [0.15, 0.2) is 53.4 Å². The largest absolute Gasteiger partial charge is 0.416 e. The predicted octanol–water partition coefficient (Wildman–Crippen LogP) is 3.36. The zero-order valence-electron chi connectivity index (χ0n) is 15.3. The predicted molar refractivity (Wildman–Crippen MR) is 98.2 cm³/mol. The Labute approximate surface area is 169 Å². The molecule has 0 aliphatic carbocycles. The second kappa shape index (κ2) is 8.58. The van der Waals surface area contributed by atoms with Crippen LogP contribution in [-0.4, -0.2) is 37.9 Å². The molecule has 1 aliphatic heterocycles. The number of nitrogens with one attached hydrogen (secondary N) is 2. The molecule has 1 heterocycles. The number of rotatable bonds is 5. The van der Waals surface area contributed by atoms with Crippen molar-refractivity contribution in [1.29, 1.82) is 0 Å². The van der Waals surface area contributed by atoms with Gasteiger partial charge in [0, 0.05) is 18.8 Å². The first-order valence-electron chi connectivity index (χ1n) is 8.71. The van der Waals surface area contributed by atoms with E-state index in [-0.39, 0.29) is 19.5 Å². The van der Waals surface area contributed by atoms with Gasteiger partial charge in [0.1, 0.15) is 11.9 Å². The Morgan fingerprint density at radius 3 is 2.50 bits per heavy atom. The summed E-state index contributed by atoms with van der Waals surface area (Å²) in [6.45, 7) is -0.125. The number of carbonyl (C=O) groups is 1. The number of carbonyl (C=O) groups excluding carboxylic acids is 1. The van der Waals surface area contributed by atoms with E-state index in [9.17, 15) is 30.8 Å². The first-order valence-corrected chi connectivity index (χ1v) is 10.2. The van der Waals surface area contributed by atoms with Gasteiger partial charge >= 0.3 is 12.2 Å². The van der Waals surface area contributed by atoms with Gasteiger partial charge < -0.3 is 5.32 Å². The molecule has 1 atom stereocenters. The summed E-state index contributed by atoms with van der Waals surface area (Å²) in [5.41, 5.74) is 1.37. The van der Waals surface area contributed by atoms with E-state index < -0.39 is 44.6 Å². The molecule has 2 N–H and O–H groups in total. The Morgan fingerprint density at radius 1 is 1.13 bits per heavy atom. The van der Waals surface area contributed by atoms with E-state index in [1.54, 1.807) is 0 Å². The number of hydrogen-bond donors (Lipinski definition) is 2. The van der Waals surface area contributed by atoms with Gasteiger partial charge in [-0.15, -0.1) is 0 Å². The molecule has 0 radical (unpaired) electrons. The van der Waals surface area contributed by atoms with E-state index in [0.29, 0.717) is 11.8 Å². The fraction of sp³-hybridized carbons (Fsp3) is 0.278. The zero-order valence-corrected chi connectivity index (χ0v) is 16.1. The highest BCUT2D eigenvalue weighted by Crippen LogP contribution is 2.31. The van der Waals surface area contributed by atoms with Crippen molar-refractivity contribution in [3.63, 3.8) is 0 Å². The minimum Gasteiger partial charge on any atom is -0.306 e. The lowest BCUT2D eigenvalue weighted by Gasteiger charge is -2.18. The van der Waals surface area contributed by atoms with E-state index in [1.165, 1.54) is 12.1 Å². The monoisotopic (exact) mass is 447 g/mol. The molecular formula is C18H17F4N3O4S. The van der Waals surface area contributed by atoms with Crippen LogP contribution in [0, 0.1) is 5.82 Å². The summed E-state index contributed by atoms with van der Waals surface area (Å²) in [6.07, 6.45) is -5.12. The summed E-state index contributed by atoms with van der Waals surface area (Å²) in [7, 11) is -4.16. The molecule has 1 saturated heterocycles. The Kier molecular flexibility index (Phi) is 6.29. The molecule has 0 bridgehead atoms. The SMILES string of the molecule is O=C(NO[C@@H]1CCN(S(=O)(=O)c2cccc(C(F)(F)F)c2)C1)Nc1ccc(F)cc1. The van der Waals surface area contributed by atoms with Crippen molar-refractivity contribution >= 4 is 21.7 Å². The van der Waals surface area contributed by atoms with Crippen molar-refractivity contribution in [2.75, 3.05) is 18.4 Å². The van der Waals surface area contributed by atoms with Gasteiger partial charge in [0.2, 0.25) is 10.0 Å². The molecule has 30 heavy (non-hydrogen) atoms. The molecule has 1 fully saturated rings. The van der Waals surface area contributed by atoms with Crippen LogP contribution in [0.1, 0.15) is 12.0 Å². The van der Waals surface area contributed by atoms with Crippen LogP contribution in [0.25, 0.3) is 0 Å². The maximum atomic E-state index is 12.9. The van der Waals surface area contributed by atoms with Gasteiger partial charge in [-0.3, -0.25) is 4.84 Å². The summed E-state index contributed by atoms with van der Waals surface area (Å²) in [6, 6.07) is 7.74. The number of sulfonamides is 1. The fourth-order valence-corrected chi connectivity index (χ4v) is 4.35. The maximum absolute atomic E-state index is 12.9. The molecule has 0 spiro atoms. The third-order valence-corrected chi connectivity index (χ3v) is 6.19. The Morgan fingerprint density at radius 2 is 1.83 bits per heavy atom. The van der Waals surface area contributed by atoms with E-state index >= 15 is 0 Å². The summed E-state index contributed by atoms with van der Waals surface area (Å²) in [4.78, 5) is 16.5.